The van der Waals surface area contributed by atoms with Gasteiger partial charge in [0.15, 0.2) is 0 Å². The predicted molar refractivity (Wildman–Crippen MR) is 82.7 cm³/mol. The molecule has 0 bridgehead atoms. The van der Waals surface area contributed by atoms with E-state index in [1.54, 1.807) is 0 Å². The maximum absolute atomic E-state index is 5.85. The van der Waals surface area contributed by atoms with Gasteiger partial charge in [0.1, 0.15) is 12.4 Å². The molecule has 1 aliphatic heterocycles. The van der Waals surface area contributed by atoms with E-state index in [2.05, 4.69) is 43.0 Å². The Morgan fingerprint density at radius 1 is 1.37 bits per heavy atom. The highest BCUT2D eigenvalue weighted by Crippen LogP contribution is 2.10. The van der Waals surface area contributed by atoms with Crippen molar-refractivity contribution in [2.24, 2.45) is 0 Å². The molecule has 104 valence electrons. The highest BCUT2D eigenvalue weighted by atomic mass is 16.5. The average molecular weight is 259 g/mol. The minimum absolute atomic E-state index is 0.282. The minimum atomic E-state index is 0.282. The molecule has 1 unspecified atom stereocenters. The Morgan fingerprint density at radius 2 is 2.11 bits per heavy atom. The van der Waals surface area contributed by atoms with Gasteiger partial charge in [0.05, 0.1) is 6.04 Å². The quantitative estimate of drug-likeness (QED) is 0.417. The van der Waals surface area contributed by atoms with E-state index in [9.17, 15) is 0 Å². The zero-order valence-electron chi connectivity index (χ0n) is 12.3. The first kappa shape index (κ1) is 15.4. The summed E-state index contributed by atoms with van der Waals surface area (Å²) in [5.74, 6) is 0.885. The van der Waals surface area contributed by atoms with Gasteiger partial charge >= 0.3 is 0 Å². The van der Waals surface area contributed by atoms with Crippen LogP contribution < -0.4 is 0 Å². The van der Waals surface area contributed by atoms with E-state index in [1.807, 2.05) is 32.1 Å². The van der Waals surface area contributed by atoms with E-state index in [0.717, 1.165) is 24.2 Å². The molecule has 1 atom stereocenters. The predicted octanol–water partition coefficient (Wildman–Crippen LogP) is 4.20. The molecule has 0 saturated carbocycles. The molecule has 0 amide bonds. The maximum Gasteiger partial charge on any atom is 0.115 e. The van der Waals surface area contributed by atoms with Crippen molar-refractivity contribution in [3.05, 3.63) is 60.6 Å². The Morgan fingerprint density at radius 3 is 2.79 bits per heavy atom. The SMILES string of the molecule is C=C(C)/C=C\C(=C/C)OCC1C=CCC/C=C\N1C. The van der Waals surface area contributed by atoms with Gasteiger partial charge in [0.25, 0.3) is 0 Å². The zero-order chi connectivity index (χ0) is 14.1. The van der Waals surface area contributed by atoms with Crippen LogP contribution in [-0.2, 0) is 4.74 Å². The first-order valence-corrected chi connectivity index (χ1v) is 6.81. The molecule has 0 aromatic heterocycles. The molecular formula is C17H25NO. The molecule has 0 spiro atoms. The van der Waals surface area contributed by atoms with E-state index in [4.69, 9.17) is 4.74 Å². The molecule has 1 rings (SSSR count). The van der Waals surface area contributed by atoms with Crippen LogP contribution in [0, 0.1) is 0 Å². The van der Waals surface area contributed by atoms with Gasteiger partial charge in [-0.3, -0.25) is 0 Å². The summed E-state index contributed by atoms with van der Waals surface area (Å²) < 4.78 is 5.85. The number of likely N-dealkylation sites (N-methyl/N-ethyl adjacent to an activating group) is 1. The van der Waals surface area contributed by atoms with Crippen molar-refractivity contribution in [3.63, 3.8) is 0 Å². The van der Waals surface area contributed by atoms with E-state index in [0.29, 0.717) is 6.61 Å². The lowest BCUT2D eigenvalue weighted by molar-refractivity contribution is 0.168. The van der Waals surface area contributed by atoms with E-state index in [-0.39, 0.29) is 6.04 Å². The number of rotatable bonds is 5. The maximum atomic E-state index is 5.85. The summed E-state index contributed by atoms with van der Waals surface area (Å²) in [4.78, 5) is 2.19. The summed E-state index contributed by atoms with van der Waals surface area (Å²) in [7, 11) is 2.08. The van der Waals surface area contributed by atoms with Gasteiger partial charge < -0.3 is 9.64 Å². The molecule has 0 aliphatic carbocycles. The standard InChI is InChI=1S/C17H25NO/c1-5-17(12-11-15(2)3)19-14-16-10-8-6-7-9-13-18(16)4/h5,8-13,16H,2,6-7,14H2,1,3-4H3/b10-8?,12-11-,13-9-,17-5+. The lowest BCUT2D eigenvalue weighted by Crippen LogP contribution is -2.30. The third-order valence-corrected chi connectivity index (χ3v) is 2.96. The summed E-state index contributed by atoms with van der Waals surface area (Å²) in [5.41, 5.74) is 1.02. The van der Waals surface area contributed by atoms with Crippen LogP contribution in [0.1, 0.15) is 26.7 Å². The van der Waals surface area contributed by atoms with Crippen LogP contribution in [0.2, 0.25) is 0 Å². The molecule has 0 radical (unpaired) electrons. The minimum Gasteiger partial charge on any atom is -0.491 e. The second-order valence-electron chi connectivity index (χ2n) is 4.80. The summed E-state index contributed by atoms with van der Waals surface area (Å²) in [5, 5.41) is 0. The van der Waals surface area contributed by atoms with Gasteiger partial charge in [-0.25, -0.2) is 0 Å². The fourth-order valence-corrected chi connectivity index (χ4v) is 1.74. The molecule has 0 aromatic rings. The van der Waals surface area contributed by atoms with Crippen LogP contribution in [0.25, 0.3) is 0 Å². The van der Waals surface area contributed by atoms with Crippen molar-refractivity contribution in [1.29, 1.82) is 0 Å². The molecule has 0 fully saturated rings. The lowest BCUT2D eigenvalue weighted by Gasteiger charge is -2.25. The van der Waals surface area contributed by atoms with Crippen molar-refractivity contribution in [1.82, 2.24) is 4.90 Å². The van der Waals surface area contributed by atoms with Crippen molar-refractivity contribution in [2.75, 3.05) is 13.7 Å². The summed E-state index contributed by atoms with van der Waals surface area (Å²) in [6.07, 6.45) is 16.9. The first-order valence-electron chi connectivity index (χ1n) is 6.81. The van der Waals surface area contributed by atoms with Gasteiger partial charge in [0, 0.05) is 7.05 Å². The van der Waals surface area contributed by atoms with Gasteiger partial charge in [-0.05, 0) is 45.0 Å². The number of hydrogen-bond donors (Lipinski definition) is 0. The number of ether oxygens (including phenoxy) is 1. The van der Waals surface area contributed by atoms with E-state index >= 15 is 0 Å². The van der Waals surface area contributed by atoms with Crippen molar-refractivity contribution >= 4 is 0 Å². The Labute approximate surface area is 117 Å². The van der Waals surface area contributed by atoms with Crippen molar-refractivity contribution in [3.8, 4) is 0 Å². The normalized spacial score (nSPS) is 22.2. The molecule has 19 heavy (non-hydrogen) atoms. The van der Waals surface area contributed by atoms with Crippen LogP contribution >= 0.6 is 0 Å². The fourth-order valence-electron chi connectivity index (χ4n) is 1.74. The number of allylic oxidation sites excluding steroid dienone is 6. The first-order chi connectivity index (χ1) is 9.13. The highest BCUT2D eigenvalue weighted by Gasteiger charge is 2.10. The third-order valence-electron chi connectivity index (χ3n) is 2.96. The molecule has 0 N–H and O–H groups in total. The van der Waals surface area contributed by atoms with Crippen LogP contribution in [-0.4, -0.2) is 24.6 Å². The largest absolute Gasteiger partial charge is 0.491 e. The summed E-state index contributed by atoms with van der Waals surface area (Å²) in [6.45, 7) is 8.45. The van der Waals surface area contributed by atoms with E-state index < -0.39 is 0 Å². The molecule has 1 aliphatic rings. The van der Waals surface area contributed by atoms with Gasteiger partial charge in [0.2, 0.25) is 0 Å². The number of hydrogen-bond acceptors (Lipinski definition) is 2. The number of nitrogens with zero attached hydrogens (tertiary/aromatic N) is 1. The molecule has 0 aromatic carbocycles. The van der Waals surface area contributed by atoms with Crippen LogP contribution in [0.15, 0.2) is 60.6 Å². The molecule has 2 heteroatoms. The zero-order valence-corrected chi connectivity index (χ0v) is 12.3. The van der Waals surface area contributed by atoms with Crippen LogP contribution in [0.3, 0.4) is 0 Å². The van der Waals surface area contributed by atoms with E-state index in [1.165, 1.54) is 0 Å². The monoisotopic (exact) mass is 259 g/mol. The van der Waals surface area contributed by atoms with Crippen LogP contribution in [0.4, 0.5) is 0 Å². The Bertz CT molecular complexity index is 401. The fraction of sp³-hybridized carbons (Fsp3) is 0.412. The molecule has 0 saturated heterocycles. The second kappa shape index (κ2) is 8.41. The highest BCUT2D eigenvalue weighted by molar-refractivity contribution is 5.21. The second-order valence-corrected chi connectivity index (χ2v) is 4.80. The average Bonchev–Trinajstić information content (AvgIpc) is 2.36. The van der Waals surface area contributed by atoms with Gasteiger partial charge in [-0.1, -0.05) is 36.5 Å². The lowest BCUT2D eigenvalue weighted by atomic mass is 10.2. The molecular weight excluding hydrogens is 234 g/mol. The smallest absolute Gasteiger partial charge is 0.115 e. The third kappa shape index (κ3) is 6.14. The molecule has 1 heterocycles. The van der Waals surface area contributed by atoms with Crippen molar-refractivity contribution < 1.29 is 4.74 Å². The topological polar surface area (TPSA) is 12.5 Å². The van der Waals surface area contributed by atoms with Gasteiger partial charge in [-0.15, -0.1) is 0 Å². The van der Waals surface area contributed by atoms with Crippen molar-refractivity contribution in [2.45, 2.75) is 32.7 Å². The van der Waals surface area contributed by atoms with Crippen LogP contribution in [0.5, 0.6) is 0 Å². The molecule has 2 nitrogen and oxygen atoms in total. The van der Waals surface area contributed by atoms with Gasteiger partial charge in [-0.2, -0.15) is 0 Å². The summed E-state index contributed by atoms with van der Waals surface area (Å²) >= 11 is 0. The summed E-state index contributed by atoms with van der Waals surface area (Å²) in [6, 6.07) is 0.282. The Balaban J connectivity index is 2.55. The Kier molecular flexibility index (Phi) is 6.80. The Hall–Kier alpha value is -1.70.